The molecule has 0 aliphatic carbocycles. The van der Waals surface area contributed by atoms with Gasteiger partial charge in [0.25, 0.3) is 5.91 Å². The van der Waals surface area contributed by atoms with E-state index in [-0.39, 0.29) is 5.57 Å². The molecule has 26 heavy (non-hydrogen) atoms. The first-order valence-electron chi connectivity index (χ1n) is 7.69. The topological polar surface area (TPSA) is 57.8 Å². The summed E-state index contributed by atoms with van der Waals surface area (Å²) in [5.74, 6) is -0.487. The molecule has 1 heterocycles. The number of nitrogens with zero attached hydrogens (tertiary/aromatic N) is 2. The van der Waals surface area contributed by atoms with Crippen LogP contribution >= 0.6 is 23.2 Å². The van der Waals surface area contributed by atoms with Crippen LogP contribution in [0, 0.1) is 11.3 Å². The molecule has 3 aromatic rings. The summed E-state index contributed by atoms with van der Waals surface area (Å²) in [6.45, 7) is 0. The van der Waals surface area contributed by atoms with Crippen LogP contribution in [-0.4, -0.2) is 10.5 Å². The summed E-state index contributed by atoms with van der Waals surface area (Å²) in [5, 5.41) is 13.3. The van der Waals surface area contributed by atoms with Gasteiger partial charge in [0.2, 0.25) is 0 Å². The number of benzene rings is 2. The number of anilines is 1. The molecule has 0 aliphatic rings. The Morgan fingerprint density at radius 1 is 1.00 bits per heavy atom. The normalized spacial score (nSPS) is 11.0. The Morgan fingerprint density at radius 3 is 2.23 bits per heavy atom. The van der Waals surface area contributed by atoms with Crippen LogP contribution in [0.5, 0.6) is 0 Å². The van der Waals surface area contributed by atoms with Crippen molar-refractivity contribution in [3.63, 3.8) is 0 Å². The van der Waals surface area contributed by atoms with Crippen molar-refractivity contribution in [2.24, 2.45) is 0 Å². The van der Waals surface area contributed by atoms with Gasteiger partial charge >= 0.3 is 0 Å². The molecule has 1 N–H and O–H groups in total. The lowest BCUT2D eigenvalue weighted by molar-refractivity contribution is -0.112. The Labute approximate surface area is 160 Å². The van der Waals surface area contributed by atoms with Crippen LogP contribution in [0.15, 0.2) is 72.4 Å². The molecule has 1 aromatic heterocycles. The number of rotatable bonds is 4. The van der Waals surface area contributed by atoms with Crippen molar-refractivity contribution in [2.75, 3.05) is 5.32 Å². The molecule has 0 spiro atoms. The Morgan fingerprint density at radius 2 is 1.62 bits per heavy atom. The number of amides is 1. The monoisotopic (exact) mass is 381 g/mol. The maximum Gasteiger partial charge on any atom is 0.266 e. The van der Waals surface area contributed by atoms with E-state index in [9.17, 15) is 10.1 Å². The molecule has 0 saturated carbocycles. The predicted octanol–water partition coefficient (Wildman–Crippen LogP) is 5.33. The van der Waals surface area contributed by atoms with Gasteiger partial charge < -0.3 is 9.88 Å². The molecule has 6 heteroatoms. The highest BCUT2D eigenvalue weighted by Gasteiger charge is 2.11. The van der Waals surface area contributed by atoms with Gasteiger partial charge in [-0.2, -0.15) is 5.26 Å². The molecular formula is C20H13Cl2N3O. The van der Waals surface area contributed by atoms with Gasteiger partial charge in [-0.15, -0.1) is 0 Å². The van der Waals surface area contributed by atoms with Crippen LogP contribution in [-0.2, 0) is 4.79 Å². The van der Waals surface area contributed by atoms with Crippen molar-refractivity contribution in [1.29, 1.82) is 5.26 Å². The maximum absolute atomic E-state index is 12.4. The summed E-state index contributed by atoms with van der Waals surface area (Å²) in [5.41, 5.74) is 2.14. The minimum atomic E-state index is -0.487. The number of hydrogen-bond donors (Lipinski definition) is 1. The number of carbonyl (C=O) groups excluding carboxylic acids is 1. The quantitative estimate of drug-likeness (QED) is 0.490. The first kappa shape index (κ1) is 17.8. The van der Waals surface area contributed by atoms with E-state index in [1.807, 2.05) is 41.1 Å². The fraction of sp³-hybridized carbons (Fsp3) is 0. The second-order valence-corrected chi connectivity index (χ2v) is 6.28. The van der Waals surface area contributed by atoms with Crippen molar-refractivity contribution in [2.45, 2.75) is 0 Å². The van der Waals surface area contributed by atoms with Gasteiger partial charge in [-0.25, -0.2) is 0 Å². The number of aromatic nitrogens is 1. The Bertz CT molecular complexity index is 997. The molecule has 0 fully saturated rings. The second-order valence-electron chi connectivity index (χ2n) is 5.41. The molecule has 128 valence electrons. The highest BCUT2D eigenvalue weighted by Crippen LogP contribution is 2.19. The first-order chi connectivity index (χ1) is 12.6. The van der Waals surface area contributed by atoms with E-state index in [2.05, 4.69) is 5.32 Å². The van der Waals surface area contributed by atoms with Gasteiger partial charge in [0.05, 0.1) is 0 Å². The standard InChI is InChI=1S/C20H13Cl2N3O/c21-15-3-7-17(8-4-15)24-20(26)14(13-23)12-19-2-1-11-25(19)18-9-5-16(22)6-10-18/h1-12H,(H,24,26)/b14-12-. The average molecular weight is 382 g/mol. The van der Waals surface area contributed by atoms with Crippen LogP contribution in [0.3, 0.4) is 0 Å². The lowest BCUT2D eigenvalue weighted by Crippen LogP contribution is -2.13. The Kier molecular flexibility index (Phi) is 5.43. The van der Waals surface area contributed by atoms with Crippen LogP contribution in [0.25, 0.3) is 11.8 Å². The summed E-state index contributed by atoms with van der Waals surface area (Å²) in [7, 11) is 0. The van der Waals surface area contributed by atoms with Gasteiger partial charge in [-0.3, -0.25) is 4.79 Å². The molecule has 0 bridgehead atoms. The SMILES string of the molecule is N#C/C(=C/c1cccn1-c1ccc(Cl)cc1)C(=O)Nc1ccc(Cl)cc1. The van der Waals surface area contributed by atoms with Crippen LogP contribution in [0.4, 0.5) is 5.69 Å². The van der Waals surface area contributed by atoms with E-state index >= 15 is 0 Å². The number of nitrogens with one attached hydrogen (secondary N) is 1. The molecule has 0 saturated heterocycles. The lowest BCUT2D eigenvalue weighted by atomic mass is 10.2. The molecule has 0 unspecified atom stereocenters. The van der Waals surface area contributed by atoms with E-state index in [0.29, 0.717) is 21.4 Å². The zero-order valence-corrected chi connectivity index (χ0v) is 15.0. The van der Waals surface area contributed by atoms with E-state index < -0.39 is 5.91 Å². The summed E-state index contributed by atoms with van der Waals surface area (Å²) in [6, 6.07) is 19.6. The zero-order valence-electron chi connectivity index (χ0n) is 13.5. The summed E-state index contributed by atoms with van der Waals surface area (Å²) >= 11 is 11.8. The molecule has 0 radical (unpaired) electrons. The zero-order chi connectivity index (χ0) is 18.5. The number of nitriles is 1. The first-order valence-corrected chi connectivity index (χ1v) is 8.44. The second kappa shape index (κ2) is 7.92. The minimum absolute atomic E-state index is 0.00568. The predicted molar refractivity (Wildman–Crippen MR) is 104 cm³/mol. The van der Waals surface area contributed by atoms with Crippen LogP contribution in [0.1, 0.15) is 5.69 Å². The Balaban J connectivity index is 1.87. The van der Waals surface area contributed by atoms with E-state index in [1.54, 1.807) is 42.5 Å². The molecule has 0 aliphatic heterocycles. The van der Waals surface area contributed by atoms with Gasteiger partial charge in [0.1, 0.15) is 11.6 Å². The fourth-order valence-corrected chi connectivity index (χ4v) is 2.63. The molecular weight excluding hydrogens is 369 g/mol. The number of hydrogen-bond acceptors (Lipinski definition) is 2. The van der Waals surface area contributed by atoms with Crippen LogP contribution in [0.2, 0.25) is 10.0 Å². The van der Waals surface area contributed by atoms with E-state index in [0.717, 1.165) is 5.69 Å². The third kappa shape index (κ3) is 4.15. The van der Waals surface area contributed by atoms with Crippen molar-refractivity contribution in [3.8, 4) is 11.8 Å². The Hall–Kier alpha value is -3.00. The third-order valence-electron chi connectivity index (χ3n) is 3.64. The molecule has 1 amide bonds. The van der Waals surface area contributed by atoms with E-state index in [4.69, 9.17) is 23.2 Å². The van der Waals surface area contributed by atoms with Gasteiger partial charge in [0.15, 0.2) is 0 Å². The molecule has 3 rings (SSSR count). The van der Waals surface area contributed by atoms with Gasteiger partial charge in [-0.05, 0) is 66.7 Å². The van der Waals surface area contributed by atoms with Crippen molar-refractivity contribution in [3.05, 3.63) is 88.2 Å². The van der Waals surface area contributed by atoms with Crippen LogP contribution < -0.4 is 5.32 Å². The van der Waals surface area contributed by atoms with Crippen molar-refractivity contribution < 1.29 is 4.79 Å². The molecule has 2 aromatic carbocycles. The summed E-state index contributed by atoms with van der Waals surface area (Å²) in [6.07, 6.45) is 3.39. The maximum atomic E-state index is 12.4. The minimum Gasteiger partial charge on any atom is -0.321 e. The molecule has 0 atom stereocenters. The number of halogens is 2. The molecule has 4 nitrogen and oxygen atoms in total. The van der Waals surface area contributed by atoms with Gasteiger partial charge in [0, 0.05) is 33.3 Å². The van der Waals surface area contributed by atoms with Gasteiger partial charge in [-0.1, -0.05) is 23.2 Å². The smallest absolute Gasteiger partial charge is 0.266 e. The summed E-state index contributed by atoms with van der Waals surface area (Å²) < 4.78 is 1.86. The third-order valence-corrected chi connectivity index (χ3v) is 4.15. The highest BCUT2D eigenvalue weighted by molar-refractivity contribution is 6.30. The number of carbonyl (C=O) groups is 1. The largest absolute Gasteiger partial charge is 0.321 e. The van der Waals surface area contributed by atoms with Crippen molar-refractivity contribution in [1.82, 2.24) is 4.57 Å². The van der Waals surface area contributed by atoms with E-state index in [1.165, 1.54) is 0 Å². The average Bonchev–Trinajstić information content (AvgIpc) is 3.10. The fourth-order valence-electron chi connectivity index (χ4n) is 2.38. The summed E-state index contributed by atoms with van der Waals surface area (Å²) in [4.78, 5) is 12.4. The van der Waals surface area contributed by atoms with Crippen molar-refractivity contribution >= 4 is 40.9 Å². The lowest BCUT2D eigenvalue weighted by Gasteiger charge is -2.08. The highest BCUT2D eigenvalue weighted by atomic mass is 35.5.